The molecule has 1 aromatic rings. The van der Waals surface area contributed by atoms with Crippen molar-refractivity contribution in [2.75, 3.05) is 13.3 Å². The maximum atomic E-state index is 2.31. The molecule has 11 heavy (non-hydrogen) atoms. The molecule has 0 spiro atoms. The average molecular weight is 233 g/mol. The van der Waals surface area contributed by atoms with E-state index >= 15 is 0 Å². The fraction of sp³-hybridized carbons (Fsp3) is 0.333. The second-order valence-electron chi connectivity index (χ2n) is 2.72. The lowest BCUT2D eigenvalue weighted by Gasteiger charge is -2.03. The van der Waals surface area contributed by atoms with Crippen LogP contribution in [0.3, 0.4) is 0 Å². The molecule has 1 aromatic carbocycles. The lowest BCUT2D eigenvalue weighted by molar-refractivity contribution is 1.40. The van der Waals surface area contributed by atoms with Crippen molar-refractivity contribution >= 4 is 24.9 Å². The van der Waals surface area contributed by atoms with Gasteiger partial charge in [0.1, 0.15) is 0 Å². The maximum absolute atomic E-state index is 2.31. The van der Waals surface area contributed by atoms with Gasteiger partial charge in [0.25, 0.3) is 0 Å². The van der Waals surface area contributed by atoms with Crippen LogP contribution < -0.4 is 0 Å². The van der Waals surface area contributed by atoms with E-state index in [-0.39, 0.29) is 24.9 Å². The minimum absolute atomic E-state index is 0. The molecule has 0 nitrogen and oxygen atoms in total. The molecule has 0 atom stereocenters. The van der Waals surface area contributed by atoms with Crippen LogP contribution in [0.5, 0.6) is 0 Å². The van der Waals surface area contributed by atoms with Gasteiger partial charge in [-0.25, -0.2) is 0 Å². The summed E-state index contributed by atoms with van der Waals surface area (Å²) >= 11 is 0. The minimum atomic E-state index is 0. The lowest BCUT2D eigenvalue weighted by atomic mass is 10.2. The summed E-state index contributed by atoms with van der Waals surface area (Å²) in [5.41, 5.74) is 1.47. The highest BCUT2D eigenvalue weighted by molar-refractivity contribution is 8.93. The SMILES string of the molecule is Br.CP(C)Cc1ccccc1. The van der Waals surface area contributed by atoms with Crippen LogP contribution in [-0.2, 0) is 6.16 Å². The molecule has 1 rings (SSSR count). The highest BCUT2D eigenvalue weighted by Gasteiger charge is 1.93. The Bertz CT molecular complexity index is 184. The summed E-state index contributed by atoms with van der Waals surface area (Å²) < 4.78 is 0. The lowest BCUT2D eigenvalue weighted by Crippen LogP contribution is -1.79. The predicted molar refractivity (Wildman–Crippen MR) is 59.2 cm³/mol. The molecule has 0 aromatic heterocycles. The number of hydrogen-bond donors (Lipinski definition) is 0. The van der Waals surface area contributed by atoms with Gasteiger partial charge in [-0.05, 0) is 25.1 Å². The van der Waals surface area contributed by atoms with E-state index in [4.69, 9.17) is 0 Å². The molecule has 0 N–H and O–H groups in total. The van der Waals surface area contributed by atoms with Crippen LogP contribution >= 0.6 is 24.9 Å². The second-order valence-corrected chi connectivity index (χ2v) is 5.20. The summed E-state index contributed by atoms with van der Waals surface area (Å²) in [4.78, 5) is 0. The number of halogens is 1. The molecule has 0 aliphatic carbocycles. The molecule has 0 unspecified atom stereocenters. The summed E-state index contributed by atoms with van der Waals surface area (Å²) in [6.07, 6.45) is 1.26. The van der Waals surface area contributed by atoms with Gasteiger partial charge in [-0.1, -0.05) is 30.3 Å². The van der Waals surface area contributed by atoms with Gasteiger partial charge in [-0.15, -0.1) is 24.9 Å². The van der Waals surface area contributed by atoms with Gasteiger partial charge in [0.2, 0.25) is 0 Å². The molecule has 0 amide bonds. The van der Waals surface area contributed by atoms with E-state index in [0.717, 1.165) is 0 Å². The fourth-order valence-corrected chi connectivity index (χ4v) is 1.89. The first-order valence-electron chi connectivity index (χ1n) is 3.47. The van der Waals surface area contributed by atoms with E-state index in [2.05, 4.69) is 43.7 Å². The second kappa shape index (κ2) is 5.74. The maximum Gasteiger partial charge on any atom is -0.00780 e. The highest BCUT2D eigenvalue weighted by atomic mass is 79.9. The van der Waals surface area contributed by atoms with Crippen molar-refractivity contribution in [3.8, 4) is 0 Å². The molecule has 0 heterocycles. The van der Waals surface area contributed by atoms with Crippen molar-refractivity contribution in [1.82, 2.24) is 0 Å². The van der Waals surface area contributed by atoms with Gasteiger partial charge >= 0.3 is 0 Å². The summed E-state index contributed by atoms with van der Waals surface area (Å²) in [6, 6.07) is 10.7. The van der Waals surface area contributed by atoms with E-state index in [1.807, 2.05) is 0 Å². The third-order valence-electron chi connectivity index (χ3n) is 1.34. The Labute approximate surface area is 80.5 Å². The Morgan fingerprint density at radius 2 is 1.64 bits per heavy atom. The molecule has 0 radical (unpaired) electrons. The van der Waals surface area contributed by atoms with Crippen LogP contribution in [0.4, 0.5) is 0 Å². The zero-order valence-corrected chi connectivity index (χ0v) is 9.56. The van der Waals surface area contributed by atoms with Crippen LogP contribution in [-0.4, -0.2) is 13.3 Å². The van der Waals surface area contributed by atoms with Crippen molar-refractivity contribution in [2.24, 2.45) is 0 Å². The summed E-state index contributed by atoms with van der Waals surface area (Å²) in [6.45, 7) is 4.62. The Hall–Kier alpha value is 0.130. The molecule has 0 saturated carbocycles. The number of benzene rings is 1. The van der Waals surface area contributed by atoms with E-state index in [1.165, 1.54) is 11.7 Å². The minimum Gasteiger partial charge on any atom is -0.114 e. The first-order chi connectivity index (χ1) is 4.79. The van der Waals surface area contributed by atoms with E-state index in [0.29, 0.717) is 0 Å². The van der Waals surface area contributed by atoms with Crippen molar-refractivity contribution in [1.29, 1.82) is 0 Å². The molecular formula is C9H14BrP. The van der Waals surface area contributed by atoms with Gasteiger partial charge in [-0.2, -0.15) is 0 Å². The predicted octanol–water partition coefficient (Wildman–Crippen LogP) is 3.51. The van der Waals surface area contributed by atoms with Crippen LogP contribution in [0.2, 0.25) is 0 Å². The Kier molecular flexibility index (Phi) is 5.81. The topological polar surface area (TPSA) is 0 Å². The Morgan fingerprint density at radius 1 is 1.09 bits per heavy atom. The van der Waals surface area contributed by atoms with E-state index in [1.54, 1.807) is 0 Å². The van der Waals surface area contributed by atoms with Gasteiger partial charge < -0.3 is 0 Å². The number of rotatable bonds is 2. The monoisotopic (exact) mass is 232 g/mol. The van der Waals surface area contributed by atoms with Crippen LogP contribution in [0.15, 0.2) is 30.3 Å². The number of hydrogen-bond acceptors (Lipinski definition) is 0. The highest BCUT2D eigenvalue weighted by Crippen LogP contribution is 2.29. The van der Waals surface area contributed by atoms with Crippen molar-refractivity contribution in [2.45, 2.75) is 6.16 Å². The van der Waals surface area contributed by atoms with Gasteiger partial charge in [0, 0.05) is 0 Å². The van der Waals surface area contributed by atoms with Crippen LogP contribution in [0.25, 0.3) is 0 Å². The van der Waals surface area contributed by atoms with E-state index in [9.17, 15) is 0 Å². The largest absolute Gasteiger partial charge is 0.114 e. The van der Waals surface area contributed by atoms with Crippen LogP contribution in [0, 0.1) is 0 Å². The molecule has 0 aliphatic heterocycles. The quantitative estimate of drug-likeness (QED) is 0.685. The zero-order valence-electron chi connectivity index (χ0n) is 6.95. The molecule has 0 fully saturated rings. The zero-order chi connectivity index (χ0) is 7.40. The summed E-state index contributed by atoms with van der Waals surface area (Å²) in [5.74, 6) is 0. The third kappa shape index (κ3) is 4.55. The molecule has 62 valence electrons. The van der Waals surface area contributed by atoms with Gasteiger partial charge in [0.05, 0.1) is 0 Å². The summed E-state index contributed by atoms with van der Waals surface area (Å²) in [7, 11) is 0.223. The van der Waals surface area contributed by atoms with Crippen LogP contribution in [0.1, 0.15) is 5.56 Å². The smallest absolute Gasteiger partial charge is 0.00780 e. The Morgan fingerprint density at radius 3 is 2.09 bits per heavy atom. The molecule has 2 heteroatoms. The van der Waals surface area contributed by atoms with Crippen molar-refractivity contribution in [3.63, 3.8) is 0 Å². The molecule has 0 saturated heterocycles. The molecule has 0 aliphatic rings. The standard InChI is InChI=1S/C9H13P.BrH/c1-10(2)8-9-6-4-3-5-7-9;/h3-7H,8H2,1-2H3;1H. The van der Waals surface area contributed by atoms with Crippen molar-refractivity contribution in [3.05, 3.63) is 35.9 Å². The normalized spacial score (nSPS) is 9.36. The summed E-state index contributed by atoms with van der Waals surface area (Å²) in [5, 5.41) is 0. The van der Waals surface area contributed by atoms with E-state index < -0.39 is 0 Å². The molecular weight excluding hydrogens is 219 g/mol. The first-order valence-corrected chi connectivity index (χ1v) is 5.90. The fourth-order valence-electron chi connectivity index (χ4n) is 0.949. The third-order valence-corrected chi connectivity index (χ3v) is 2.34. The first kappa shape index (κ1) is 11.1. The van der Waals surface area contributed by atoms with Gasteiger partial charge in [-0.3, -0.25) is 0 Å². The van der Waals surface area contributed by atoms with Crippen molar-refractivity contribution < 1.29 is 0 Å². The molecule has 0 bridgehead atoms. The van der Waals surface area contributed by atoms with Gasteiger partial charge in [0.15, 0.2) is 0 Å². The Balaban J connectivity index is 0.000001000. The average Bonchev–Trinajstić information content (AvgIpc) is 1.88.